The lowest BCUT2D eigenvalue weighted by Crippen LogP contribution is -2.56. The van der Waals surface area contributed by atoms with Gasteiger partial charge in [-0.2, -0.15) is 0 Å². The smallest absolute Gasteiger partial charge is 0.323 e. The minimum absolute atomic E-state index is 0.147. The molecule has 0 radical (unpaired) electrons. The summed E-state index contributed by atoms with van der Waals surface area (Å²) in [5.74, 6) is -0.788. The first-order chi connectivity index (χ1) is 8.76. The molecule has 5 nitrogen and oxygen atoms in total. The summed E-state index contributed by atoms with van der Waals surface area (Å²) in [7, 11) is 2.06. The van der Waals surface area contributed by atoms with Gasteiger partial charge in [0.15, 0.2) is 0 Å². The molecule has 0 amide bonds. The van der Waals surface area contributed by atoms with Crippen molar-refractivity contribution in [3.63, 3.8) is 0 Å². The summed E-state index contributed by atoms with van der Waals surface area (Å²) in [6.07, 6.45) is 1.61. The normalized spacial score (nSPS) is 24.7. The lowest BCUT2D eigenvalue weighted by atomic mass is 9.91. The predicted octanol–water partition coefficient (Wildman–Crippen LogP) is 1.33. The van der Waals surface area contributed by atoms with E-state index in [-0.39, 0.29) is 12.1 Å². The molecule has 0 aliphatic carbocycles. The van der Waals surface area contributed by atoms with Crippen LogP contribution < -0.4 is 5.32 Å². The highest BCUT2D eigenvalue weighted by Crippen LogP contribution is 2.21. The van der Waals surface area contributed by atoms with Crippen molar-refractivity contribution in [1.82, 2.24) is 10.2 Å². The summed E-state index contributed by atoms with van der Waals surface area (Å²) in [5, 5.41) is 12.6. The molecule has 1 fully saturated rings. The van der Waals surface area contributed by atoms with Crippen molar-refractivity contribution in [2.45, 2.75) is 64.2 Å². The van der Waals surface area contributed by atoms with Gasteiger partial charge in [0.25, 0.3) is 0 Å². The fourth-order valence-electron chi connectivity index (χ4n) is 2.78. The van der Waals surface area contributed by atoms with Crippen LogP contribution in [0.2, 0.25) is 0 Å². The van der Waals surface area contributed by atoms with Crippen molar-refractivity contribution in [1.29, 1.82) is 0 Å². The molecule has 19 heavy (non-hydrogen) atoms. The van der Waals surface area contributed by atoms with E-state index in [4.69, 9.17) is 4.74 Å². The second-order valence-corrected chi connectivity index (χ2v) is 6.17. The van der Waals surface area contributed by atoms with E-state index in [1.54, 1.807) is 6.92 Å². The summed E-state index contributed by atoms with van der Waals surface area (Å²) >= 11 is 0. The zero-order valence-electron chi connectivity index (χ0n) is 12.8. The third kappa shape index (κ3) is 4.44. The Kier molecular flexibility index (Phi) is 5.77. The van der Waals surface area contributed by atoms with E-state index in [1.807, 2.05) is 13.8 Å². The van der Waals surface area contributed by atoms with Crippen LogP contribution in [0.5, 0.6) is 0 Å². The second-order valence-electron chi connectivity index (χ2n) is 6.17. The van der Waals surface area contributed by atoms with Gasteiger partial charge in [-0.25, -0.2) is 0 Å². The van der Waals surface area contributed by atoms with Crippen molar-refractivity contribution >= 4 is 5.97 Å². The molecule has 1 rings (SSSR count). The van der Waals surface area contributed by atoms with E-state index < -0.39 is 11.5 Å². The topological polar surface area (TPSA) is 61.8 Å². The van der Waals surface area contributed by atoms with Crippen molar-refractivity contribution < 1.29 is 14.6 Å². The Bertz CT molecular complexity index is 303. The molecule has 2 N–H and O–H groups in total. The van der Waals surface area contributed by atoms with E-state index in [0.29, 0.717) is 12.5 Å². The fourth-order valence-corrected chi connectivity index (χ4v) is 2.78. The SMILES string of the molecule is CC(C)NC(C)(CC(C)N(C)C1CCOC1)C(=O)O. The van der Waals surface area contributed by atoms with E-state index in [0.717, 1.165) is 19.6 Å². The van der Waals surface area contributed by atoms with Gasteiger partial charge >= 0.3 is 5.97 Å². The van der Waals surface area contributed by atoms with Crippen LogP contribution in [0, 0.1) is 0 Å². The number of likely N-dealkylation sites (N-methyl/N-ethyl adjacent to an activating group) is 1. The van der Waals surface area contributed by atoms with E-state index >= 15 is 0 Å². The predicted molar refractivity (Wildman–Crippen MR) is 75.4 cm³/mol. The summed E-state index contributed by atoms with van der Waals surface area (Å²) in [6.45, 7) is 9.36. The highest BCUT2D eigenvalue weighted by molar-refractivity contribution is 5.78. The molecule has 0 spiro atoms. The van der Waals surface area contributed by atoms with Crippen LogP contribution in [0.15, 0.2) is 0 Å². The third-order valence-electron chi connectivity index (χ3n) is 3.96. The van der Waals surface area contributed by atoms with Crippen molar-refractivity contribution in [3.8, 4) is 0 Å². The molecule has 3 unspecified atom stereocenters. The van der Waals surface area contributed by atoms with Crippen molar-refractivity contribution in [2.24, 2.45) is 0 Å². The number of aliphatic carboxylic acids is 1. The molecular formula is C14H28N2O3. The summed E-state index contributed by atoms with van der Waals surface area (Å²) in [5.41, 5.74) is -0.888. The Hall–Kier alpha value is -0.650. The van der Waals surface area contributed by atoms with Crippen LogP contribution in [0.1, 0.15) is 40.5 Å². The first kappa shape index (κ1) is 16.4. The lowest BCUT2D eigenvalue weighted by Gasteiger charge is -2.36. The van der Waals surface area contributed by atoms with Crippen LogP contribution in [0.25, 0.3) is 0 Å². The zero-order valence-corrected chi connectivity index (χ0v) is 12.8. The third-order valence-corrected chi connectivity index (χ3v) is 3.96. The average molecular weight is 272 g/mol. The molecule has 1 heterocycles. The van der Waals surface area contributed by atoms with Crippen molar-refractivity contribution in [3.05, 3.63) is 0 Å². The van der Waals surface area contributed by atoms with Crippen LogP contribution in [-0.4, -0.2) is 59.9 Å². The highest BCUT2D eigenvalue weighted by atomic mass is 16.5. The standard InChI is InChI=1S/C14H28N2O3/c1-10(2)15-14(4,13(17)18)8-11(3)16(5)12-6-7-19-9-12/h10-12,15H,6-9H2,1-5H3,(H,17,18). The molecule has 112 valence electrons. The molecule has 0 bridgehead atoms. The Morgan fingerprint density at radius 3 is 2.58 bits per heavy atom. The number of carbonyl (C=O) groups is 1. The van der Waals surface area contributed by atoms with Crippen molar-refractivity contribution in [2.75, 3.05) is 20.3 Å². The minimum Gasteiger partial charge on any atom is -0.480 e. The van der Waals surface area contributed by atoms with Crippen LogP contribution in [0.4, 0.5) is 0 Å². The number of nitrogens with one attached hydrogen (secondary N) is 1. The van der Waals surface area contributed by atoms with Gasteiger partial charge in [-0.3, -0.25) is 15.0 Å². The molecule has 1 aliphatic rings. The van der Waals surface area contributed by atoms with Gasteiger partial charge in [0.05, 0.1) is 6.61 Å². The van der Waals surface area contributed by atoms with Gasteiger partial charge < -0.3 is 9.84 Å². The maximum absolute atomic E-state index is 11.5. The molecule has 0 aromatic rings. The molecule has 0 aromatic heterocycles. The van der Waals surface area contributed by atoms with Crippen LogP contribution in [0.3, 0.4) is 0 Å². The first-order valence-corrected chi connectivity index (χ1v) is 7.07. The summed E-state index contributed by atoms with van der Waals surface area (Å²) < 4.78 is 5.40. The lowest BCUT2D eigenvalue weighted by molar-refractivity contribution is -0.145. The molecular weight excluding hydrogens is 244 g/mol. The number of carboxylic acid groups (broad SMARTS) is 1. The number of nitrogens with zero attached hydrogens (tertiary/aromatic N) is 1. The maximum atomic E-state index is 11.5. The average Bonchev–Trinajstić information content (AvgIpc) is 2.79. The first-order valence-electron chi connectivity index (χ1n) is 7.07. The van der Waals surface area contributed by atoms with Gasteiger partial charge in [-0.05, 0) is 47.6 Å². The number of hydrogen-bond donors (Lipinski definition) is 2. The van der Waals surface area contributed by atoms with E-state index in [1.165, 1.54) is 0 Å². The maximum Gasteiger partial charge on any atom is 0.323 e. The van der Waals surface area contributed by atoms with Gasteiger partial charge in [0, 0.05) is 24.7 Å². The van der Waals surface area contributed by atoms with Gasteiger partial charge in [0.1, 0.15) is 5.54 Å². The van der Waals surface area contributed by atoms with E-state index in [2.05, 4.69) is 24.2 Å². The van der Waals surface area contributed by atoms with Gasteiger partial charge in [-0.15, -0.1) is 0 Å². The monoisotopic (exact) mass is 272 g/mol. The van der Waals surface area contributed by atoms with E-state index in [9.17, 15) is 9.90 Å². The summed E-state index contributed by atoms with van der Waals surface area (Å²) in [4.78, 5) is 13.8. The Morgan fingerprint density at radius 1 is 1.53 bits per heavy atom. The largest absolute Gasteiger partial charge is 0.480 e. The molecule has 1 aliphatic heterocycles. The number of rotatable bonds is 7. The Balaban J connectivity index is 2.64. The minimum atomic E-state index is -0.888. The quantitative estimate of drug-likeness (QED) is 0.732. The fraction of sp³-hybridized carbons (Fsp3) is 0.929. The molecule has 5 heteroatoms. The Labute approximate surface area is 116 Å². The second kappa shape index (κ2) is 6.68. The highest BCUT2D eigenvalue weighted by Gasteiger charge is 2.37. The number of ether oxygens (including phenoxy) is 1. The van der Waals surface area contributed by atoms with Gasteiger partial charge in [0.2, 0.25) is 0 Å². The molecule has 0 saturated carbocycles. The number of carboxylic acids is 1. The number of hydrogen-bond acceptors (Lipinski definition) is 4. The van der Waals surface area contributed by atoms with Crippen LogP contribution >= 0.6 is 0 Å². The van der Waals surface area contributed by atoms with Crippen LogP contribution in [-0.2, 0) is 9.53 Å². The molecule has 1 saturated heterocycles. The molecule has 3 atom stereocenters. The zero-order chi connectivity index (χ0) is 14.6. The Morgan fingerprint density at radius 2 is 2.16 bits per heavy atom. The van der Waals surface area contributed by atoms with Gasteiger partial charge in [-0.1, -0.05) is 0 Å². The molecule has 0 aromatic carbocycles. The summed E-state index contributed by atoms with van der Waals surface area (Å²) in [6, 6.07) is 0.750.